The SMILES string of the molecule is CC(C)(C)CCNCCCC#N. The maximum atomic E-state index is 8.27. The molecule has 0 saturated heterocycles. The van der Waals surface area contributed by atoms with Crippen molar-refractivity contribution in [2.24, 2.45) is 5.41 Å². The van der Waals surface area contributed by atoms with Gasteiger partial charge in [0.25, 0.3) is 0 Å². The third kappa shape index (κ3) is 9.45. The number of rotatable bonds is 5. The molecule has 0 amide bonds. The number of hydrogen-bond donors (Lipinski definition) is 1. The van der Waals surface area contributed by atoms with Gasteiger partial charge in [-0.3, -0.25) is 0 Å². The largest absolute Gasteiger partial charge is 0.317 e. The molecule has 70 valence electrons. The van der Waals surface area contributed by atoms with Crippen LogP contribution < -0.4 is 5.32 Å². The topological polar surface area (TPSA) is 35.8 Å². The van der Waals surface area contributed by atoms with Crippen LogP contribution in [0.5, 0.6) is 0 Å². The van der Waals surface area contributed by atoms with E-state index in [1.165, 1.54) is 6.42 Å². The molecule has 2 nitrogen and oxygen atoms in total. The van der Waals surface area contributed by atoms with Crippen molar-refractivity contribution < 1.29 is 0 Å². The molecule has 0 aromatic rings. The van der Waals surface area contributed by atoms with Gasteiger partial charge in [-0.1, -0.05) is 20.8 Å². The second-order valence-electron chi connectivity index (χ2n) is 4.32. The number of nitrogens with one attached hydrogen (secondary N) is 1. The van der Waals surface area contributed by atoms with E-state index in [1.807, 2.05) is 0 Å². The van der Waals surface area contributed by atoms with Gasteiger partial charge in [0.05, 0.1) is 6.07 Å². The van der Waals surface area contributed by atoms with Crippen molar-refractivity contribution in [3.05, 3.63) is 0 Å². The molecule has 0 bridgehead atoms. The Morgan fingerprint density at radius 2 is 1.92 bits per heavy atom. The number of hydrogen-bond acceptors (Lipinski definition) is 2. The van der Waals surface area contributed by atoms with Crippen LogP contribution in [0, 0.1) is 16.7 Å². The van der Waals surface area contributed by atoms with Crippen LogP contribution in [0.3, 0.4) is 0 Å². The summed E-state index contributed by atoms with van der Waals surface area (Å²) in [5.41, 5.74) is 0.419. The van der Waals surface area contributed by atoms with Crippen molar-refractivity contribution in [1.82, 2.24) is 5.32 Å². The van der Waals surface area contributed by atoms with E-state index in [1.54, 1.807) is 0 Å². The lowest BCUT2D eigenvalue weighted by Crippen LogP contribution is -2.21. The Balaban J connectivity index is 3.07. The minimum Gasteiger partial charge on any atom is -0.317 e. The molecule has 0 fully saturated rings. The smallest absolute Gasteiger partial charge is 0.0622 e. The van der Waals surface area contributed by atoms with Gasteiger partial charge >= 0.3 is 0 Å². The molecule has 0 aliphatic heterocycles. The molecule has 0 atom stereocenters. The predicted molar refractivity (Wildman–Crippen MR) is 51.8 cm³/mol. The Hall–Kier alpha value is -0.550. The van der Waals surface area contributed by atoms with Crippen LogP contribution in [0.15, 0.2) is 0 Å². The molecule has 12 heavy (non-hydrogen) atoms. The van der Waals surface area contributed by atoms with E-state index in [0.29, 0.717) is 11.8 Å². The summed E-state index contributed by atoms with van der Waals surface area (Å²) in [6.45, 7) is 8.76. The summed E-state index contributed by atoms with van der Waals surface area (Å²) in [5.74, 6) is 0. The van der Waals surface area contributed by atoms with Crippen molar-refractivity contribution in [1.29, 1.82) is 5.26 Å². The van der Waals surface area contributed by atoms with Gasteiger partial charge in [-0.25, -0.2) is 0 Å². The third-order valence-corrected chi connectivity index (χ3v) is 1.69. The average molecular weight is 168 g/mol. The molecule has 0 aliphatic rings. The van der Waals surface area contributed by atoms with Gasteiger partial charge in [0, 0.05) is 6.42 Å². The lowest BCUT2D eigenvalue weighted by molar-refractivity contribution is 0.367. The maximum Gasteiger partial charge on any atom is 0.0622 e. The van der Waals surface area contributed by atoms with Gasteiger partial charge in [-0.2, -0.15) is 5.26 Å². The second kappa shape index (κ2) is 6.02. The van der Waals surface area contributed by atoms with E-state index in [-0.39, 0.29) is 0 Å². The summed E-state index contributed by atoms with van der Waals surface area (Å²) in [6, 6.07) is 2.13. The monoisotopic (exact) mass is 168 g/mol. The van der Waals surface area contributed by atoms with Gasteiger partial charge in [0.1, 0.15) is 0 Å². The number of nitriles is 1. The Labute approximate surface area is 76.0 Å². The normalized spacial score (nSPS) is 11.2. The highest BCUT2D eigenvalue weighted by molar-refractivity contribution is 4.69. The van der Waals surface area contributed by atoms with E-state index in [9.17, 15) is 0 Å². The Kier molecular flexibility index (Phi) is 5.74. The first-order valence-corrected chi connectivity index (χ1v) is 4.64. The average Bonchev–Trinajstić information content (AvgIpc) is 1.94. The van der Waals surface area contributed by atoms with E-state index in [4.69, 9.17) is 5.26 Å². The molecule has 0 radical (unpaired) electrons. The fraction of sp³-hybridized carbons (Fsp3) is 0.900. The number of unbranched alkanes of at least 4 members (excludes halogenated alkanes) is 1. The lowest BCUT2D eigenvalue weighted by atomic mass is 9.92. The molecule has 0 unspecified atom stereocenters. The van der Waals surface area contributed by atoms with E-state index in [0.717, 1.165) is 19.5 Å². The number of nitrogens with zero attached hydrogens (tertiary/aromatic N) is 1. The Bertz CT molecular complexity index is 139. The minimum atomic E-state index is 0.419. The highest BCUT2D eigenvalue weighted by Gasteiger charge is 2.08. The van der Waals surface area contributed by atoms with Crippen LogP contribution >= 0.6 is 0 Å². The second-order valence-corrected chi connectivity index (χ2v) is 4.32. The lowest BCUT2D eigenvalue weighted by Gasteiger charge is -2.17. The van der Waals surface area contributed by atoms with Crippen LogP contribution in [0.25, 0.3) is 0 Å². The quantitative estimate of drug-likeness (QED) is 0.639. The van der Waals surface area contributed by atoms with E-state index in [2.05, 4.69) is 32.2 Å². The van der Waals surface area contributed by atoms with Crippen molar-refractivity contribution in [3.8, 4) is 6.07 Å². The first kappa shape index (κ1) is 11.4. The summed E-state index contributed by atoms with van der Waals surface area (Å²) in [7, 11) is 0. The molecule has 0 spiro atoms. The third-order valence-electron chi connectivity index (χ3n) is 1.69. The molecule has 1 N–H and O–H groups in total. The molecule has 0 heterocycles. The molecule has 0 aliphatic carbocycles. The Morgan fingerprint density at radius 3 is 2.42 bits per heavy atom. The molecule has 0 rings (SSSR count). The van der Waals surface area contributed by atoms with Crippen LogP contribution in [0.2, 0.25) is 0 Å². The molecule has 0 aromatic heterocycles. The first-order chi connectivity index (χ1) is 5.56. The molecule has 0 aromatic carbocycles. The maximum absolute atomic E-state index is 8.27. The zero-order valence-electron chi connectivity index (χ0n) is 8.48. The van der Waals surface area contributed by atoms with E-state index >= 15 is 0 Å². The fourth-order valence-electron chi connectivity index (χ4n) is 0.881. The van der Waals surface area contributed by atoms with Gasteiger partial charge < -0.3 is 5.32 Å². The molecular weight excluding hydrogens is 148 g/mol. The highest BCUT2D eigenvalue weighted by atomic mass is 14.8. The standard InChI is InChI=1S/C10H20N2/c1-10(2,3)6-9-12-8-5-4-7-11/h12H,4-6,8-9H2,1-3H3. The predicted octanol–water partition coefficient (Wildman–Crippen LogP) is 2.32. The van der Waals surface area contributed by atoms with E-state index < -0.39 is 0 Å². The molecule has 0 saturated carbocycles. The van der Waals surface area contributed by atoms with Crippen LogP contribution in [-0.2, 0) is 0 Å². The fourth-order valence-corrected chi connectivity index (χ4v) is 0.881. The van der Waals surface area contributed by atoms with Crippen molar-refractivity contribution in [2.75, 3.05) is 13.1 Å². The molecular formula is C10H20N2. The zero-order valence-corrected chi connectivity index (χ0v) is 8.48. The molecule has 2 heteroatoms. The van der Waals surface area contributed by atoms with Crippen LogP contribution in [-0.4, -0.2) is 13.1 Å². The van der Waals surface area contributed by atoms with Crippen molar-refractivity contribution in [3.63, 3.8) is 0 Å². The van der Waals surface area contributed by atoms with Crippen molar-refractivity contribution in [2.45, 2.75) is 40.0 Å². The van der Waals surface area contributed by atoms with Crippen LogP contribution in [0.1, 0.15) is 40.0 Å². The van der Waals surface area contributed by atoms with Gasteiger partial charge in [0.2, 0.25) is 0 Å². The zero-order chi connectivity index (χ0) is 9.45. The van der Waals surface area contributed by atoms with Gasteiger partial charge in [0.15, 0.2) is 0 Å². The summed E-state index contributed by atoms with van der Waals surface area (Å²) in [5, 5.41) is 11.6. The minimum absolute atomic E-state index is 0.419. The van der Waals surface area contributed by atoms with Gasteiger partial charge in [-0.05, 0) is 31.3 Å². The summed E-state index contributed by atoms with van der Waals surface area (Å²) < 4.78 is 0. The van der Waals surface area contributed by atoms with Crippen LogP contribution in [0.4, 0.5) is 0 Å². The summed E-state index contributed by atoms with van der Waals surface area (Å²) >= 11 is 0. The first-order valence-electron chi connectivity index (χ1n) is 4.64. The summed E-state index contributed by atoms with van der Waals surface area (Å²) in [6.07, 6.45) is 2.84. The van der Waals surface area contributed by atoms with Gasteiger partial charge in [-0.15, -0.1) is 0 Å². The van der Waals surface area contributed by atoms with Crippen molar-refractivity contribution >= 4 is 0 Å². The Morgan fingerprint density at radius 1 is 1.25 bits per heavy atom. The summed E-state index contributed by atoms with van der Waals surface area (Å²) in [4.78, 5) is 0. The highest BCUT2D eigenvalue weighted by Crippen LogP contribution is 2.16.